The second-order valence-corrected chi connectivity index (χ2v) is 5.21. The van der Waals surface area contributed by atoms with Crippen molar-refractivity contribution < 1.29 is 9.90 Å². The Morgan fingerprint density at radius 1 is 1.37 bits per heavy atom. The Bertz CT molecular complexity index is 597. The number of H-pyrrole nitrogens is 1. The number of aromatic amines is 1. The van der Waals surface area contributed by atoms with Gasteiger partial charge in [-0.25, -0.2) is 4.79 Å². The molecule has 0 atom stereocenters. The van der Waals surface area contributed by atoms with E-state index in [4.69, 9.17) is 0 Å². The van der Waals surface area contributed by atoms with Gasteiger partial charge in [-0.1, -0.05) is 18.9 Å². The lowest BCUT2D eigenvalue weighted by atomic mass is 10.1. The van der Waals surface area contributed by atoms with Crippen LogP contribution < -0.4 is 5.32 Å². The molecule has 4 nitrogen and oxygen atoms in total. The van der Waals surface area contributed by atoms with Gasteiger partial charge in [0.25, 0.3) is 0 Å². The summed E-state index contributed by atoms with van der Waals surface area (Å²) in [6.07, 6.45) is 6.97. The lowest BCUT2D eigenvalue weighted by Crippen LogP contribution is -2.25. The molecule has 0 spiro atoms. The van der Waals surface area contributed by atoms with Crippen molar-refractivity contribution in [1.29, 1.82) is 0 Å². The number of carbonyl (C=O) groups is 1. The van der Waals surface area contributed by atoms with E-state index in [2.05, 4.69) is 10.3 Å². The molecule has 1 aromatic carbocycles. The molecule has 1 aliphatic rings. The normalized spacial score (nSPS) is 16.2. The van der Waals surface area contributed by atoms with E-state index in [1.165, 1.54) is 25.7 Å². The summed E-state index contributed by atoms with van der Waals surface area (Å²) >= 11 is 0. The Kier molecular flexibility index (Phi) is 3.25. The smallest absolute Gasteiger partial charge is 0.336 e. The molecule has 2 aromatic rings. The minimum absolute atomic E-state index is 0.377. The molecular weight excluding hydrogens is 240 g/mol. The Morgan fingerprint density at radius 2 is 2.16 bits per heavy atom. The van der Waals surface area contributed by atoms with E-state index in [0.717, 1.165) is 23.0 Å². The predicted octanol–water partition coefficient (Wildman–Crippen LogP) is 2.90. The summed E-state index contributed by atoms with van der Waals surface area (Å²) in [5.74, 6) is -0.868. The minimum atomic E-state index is -0.868. The molecular formula is C15H18N2O2. The summed E-state index contributed by atoms with van der Waals surface area (Å²) in [7, 11) is 0. The molecule has 0 unspecified atom stereocenters. The monoisotopic (exact) mass is 258 g/mol. The van der Waals surface area contributed by atoms with Crippen LogP contribution in [0.25, 0.3) is 10.9 Å². The van der Waals surface area contributed by atoms with Gasteiger partial charge in [-0.2, -0.15) is 0 Å². The van der Waals surface area contributed by atoms with Crippen LogP contribution in [0.15, 0.2) is 24.4 Å². The molecule has 3 rings (SSSR count). The number of hydrogen-bond donors (Lipinski definition) is 3. The maximum absolute atomic E-state index is 11.3. The Morgan fingerprint density at radius 3 is 2.89 bits per heavy atom. The first-order valence-corrected chi connectivity index (χ1v) is 6.81. The number of hydrogen-bond acceptors (Lipinski definition) is 2. The van der Waals surface area contributed by atoms with Crippen molar-refractivity contribution in [2.24, 2.45) is 0 Å². The van der Waals surface area contributed by atoms with Gasteiger partial charge < -0.3 is 15.4 Å². The molecule has 0 bridgehead atoms. The molecule has 3 N–H and O–H groups in total. The molecule has 0 amide bonds. The van der Waals surface area contributed by atoms with Crippen molar-refractivity contribution in [1.82, 2.24) is 10.3 Å². The molecule has 100 valence electrons. The Balaban J connectivity index is 1.88. The van der Waals surface area contributed by atoms with Crippen molar-refractivity contribution in [3.8, 4) is 0 Å². The third-order valence-electron chi connectivity index (χ3n) is 3.95. The van der Waals surface area contributed by atoms with Crippen LogP contribution in [0.2, 0.25) is 0 Å². The molecule has 1 heterocycles. The average Bonchev–Trinajstić information content (AvgIpc) is 3.05. The summed E-state index contributed by atoms with van der Waals surface area (Å²) in [5, 5.41) is 13.6. The maximum Gasteiger partial charge on any atom is 0.336 e. The number of benzene rings is 1. The SMILES string of the molecule is O=C(O)c1cccc2[nH]cc(CNC3CCCC3)c12. The molecule has 0 saturated heterocycles. The number of fused-ring (bicyclic) bond motifs is 1. The zero-order valence-corrected chi connectivity index (χ0v) is 10.8. The van der Waals surface area contributed by atoms with E-state index >= 15 is 0 Å². The van der Waals surface area contributed by atoms with Crippen LogP contribution in [0.3, 0.4) is 0 Å². The molecule has 1 aliphatic carbocycles. The van der Waals surface area contributed by atoms with Gasteiger partial charge in [0.1, 0.15) is 0 Å². The van der Waals surface area contributed by atoms with Crippen LogP contribution in [0.1, 0.15) is 41.6 Å². The molecule has 1 fully saturated rings. The Labute approximate surface area is 111 Å². The lowest BCUT2D eigenvalue weighted by molar-refractivity contribution is 0.0699. The second-order valence-electron chi connectivity index (χ2n) is 5.21. The third kappa shape index (κ3) is 2.36. The molecule has 0 radical (unpaired) electrons. The van der Waals surface area contributed by atoms with Crippen LogP contribution in [0, 0.1) is 0 Å². The fourth-order valence-corrected chi connectivity index (χ4v) is 2.96. The van der Waals surface area contributed by atoms with E-state index in [-0.39, 0.29) is 0 Å². The first-order chi connectivity index (χ1) is 9.25. The Hall–Kier alpha value is -1.81. The lowest BCUT2D eigenvalue weighted by Gasteiger charge is -2.11. The van der Waals surface area contributed by atoms with Gasteiger partial charge in [-0.05, 0) is 30.5 Å². The van der Waals surface area contributed by atoms with Gasteiger partial charge >= 0.3 is 5.97 Å². The van der Waals surface area contributed by atoms with E-state index in [1.54, 1.807) is 12.1 Å². The molecule has 0 aliphatic heterocycles. The third-order valence-corrected chi connectivity index (χ3v) is 3.95. The first kappa shape index (κ1) is 12.2. The average molecular weight is 258 g/mol. The maximum atomic E-state index is 11.3. The highest BCUT2D eigenvalue weighted by Gasteiger charge is 2.17. The van der Waals surface area contributed by atoms with Crippen molar-refractivity contribution >= 4 is 16.9 Å². The highest BCUT2D eigenvalue weighted by Crippen LogP contribution is 2.24. The van der Waals surface area contributed by atoms with Gasteiger partial charge in [0, 0.05) is 29.7 Å². The summed E-state index contributed by atoms with van der Waals surface area (Å²) in [5.41, 5.74) is 2.31. The van der Waals surface area contributed by atoms with E-state index < -0.39 is 5.97 Å². The fraction of sp³-hybridized carbons (Fsp3) is 0.400. The van der Waals surface area contributed by atoms with Crippen molar-refractivity contribution in [2.75, 3.05) is 0 Å². The van der Waals surface area contributed by atoms with Crippen LogP contribution >= 0.6 is 0 Å². The fourth-order valence-electron chi connectivity index (χ4n) is 2.96. The van der Waals surface area contributed by atoms with Gasteiger partial charge in [-0.3, -0.25) is 0 Å². The quantitative estimate of drug-likeness (QED) is 0.790. The minimum Gasteiger partial charge on any atom is -0.478 e. The first-order valence-electron chi connectivity index (χ1n) is 6.81. The van der Waals surface area contributed by atoms with Crippen LogP contribution in [-0.4, -0.2) is 22.1 Å². The van der Waals surface area contributed by atoms with Gasteiger partial charge in [0.15, 0.2) is 0 Å². The molecule has 1 saturated carbocycles. The highest BCUT2D eigenvalue weighted by atomic mass is 16.4. The topological polar surface area (TPSA) is 65.1 Å². The second kappa shape index (κ2) is 5.05. The van der Waals surface area contributed by atoms with E-state index in [9.17, 15) is 9.90 Å². The molecule has 19 heavy (non-hydrogen) atoms. The summed E-state index contributed by atoms with van der Waals surface area (Å²) in [6.45, 7) is 0.731. The van der Waals surface area contributed by atoms with Crippen LogP contribution in [-0.2, 0) is 6.54 Å². The summed E-state index contributed by atoms with van der Waals surface area (Å²) < 4.78 is 0. The highest BCUT2D eigenvalue weighted by molar-refractivity contribution is 6.04. The van der Waals surface area contributed by atoms with Crippen LogP contribution in [0.5, 0.6) is 0 Å². The summed E-state index contributed by atoms with van der Waals surface area (Å²) in [4.78, 5) is 14.4. The molecule has 1 aromatic heterocycles. The van der Waals surface area contributed by atoms with Gasteiger partial charge in [-0.15, -0.1) is 0 Å². The van der Waals surface area contributed by atoms with E-state index in [0.29, 0.717) is 11.6 Å². The van der Waals surface area contributed by atoms with Gasteiger partial charge in [0.2, 0.25) is 0 Å². The standard InChI is InChI=1S/C15H18N2O2/c18-15(19)12-6-3-7-13-14(12)10(9-17-13)8-16-11-4-1-2-5-11/h3,6-7,9,11,16-17H,1-2,4-5,8H2,(H,18,19). The number of carboxylic acids is 1. The number of aromatic nitrogens is 1. The zero-order chi connectivity index (χ0) is 13.2. The van der Waals surface area contributed by atoms with Crippen molar-refractivity contribution in [3.63, 3.8) is 0 Å². The number of nitrogens with one attached hydrogen (secondary N) is 2. The zero-order valence-electron chi connectivity index (χ0n) is 10.8. The number of carboxylic acid groups (broad SMARTS) is 1. The number of aromatic carboxylic acids is 1. The summed E-state index contributed by atoms with van der Waals surface area (Å²) in [6, 6.07) is 5.94. The predicted molar refractivity (Wildman–Crippen MR) is 74.4 cm³/mol. The van der Waals surface area contributed by atoms with E-state index in [1.807, 2.05) is 12.3 Å². The largest absolute Gasteiger partial charge is 0.478 e. The van der Waals surface area contributed by atoms with Crippen molar-refractivity contribution in [3.05, 3.63) is 35.5 Å². The van der Waals surface area contributed by atoms with Crippen LogP contribution in [0.4, 0.5) is 0 Å². The molecule has 4 heteroatoms. The van der Waals surface area contributed by atoms with Crippen molar-refractivity contribution in [2.45, 2.75) is 38.3 Å². The number of rotatable bonds is 4. The van der Waals surface area contributed by atoms with Gasteiger partial charge in [0.05, 0.1) is 5.56 Å².